The van der Waals surface area contributed by atoms with Crippen molar-refractivity contribution in [1.82, 2.24) is 10.3 Å². The molecule has 1 aromatic carbocycles. The van der Waals surface area contributed by atoms with E-state index in [9.17, 15) is 4.39 Å². The third-order valence-electron chi connectivity index (χ3n) is 2.98. The van der Waals surface area contributed by atoms with E-state index in [1.807, 2.05) is 6.92 Å². The number of hydrogen-bond donors (Lipinski definition) is 1. The minimum Gasteiger partial charge on any atom is -0.439 e. The Morgan fingerprint density at radius 3 is 2.86 bits per heavy atom. The molecule has 0 unspecified atom stereocenters. The first-order chi connectivity index (χ1) is 10.1. The number of benzene rings is 1. The van der Waals surface area contributed by atoms with E-state index in [1.54, 1.807) is 18.2 Å². The van der Waals surface area contributed by atoms with Crippen LogP contribution in [0.5, 0.6) is 11.6 Å². The zero-order valence-corrected chi connectivity index (χ0v) is 12.9. The van der Waals surface area contributed by atoms with Crippen LogP contribution in [0, 0.1) is 12.7 Å². The average molecular weight is 309 g/mol. The molecule has 1 heterocycles. The highest BCUT2D eigenvalue weighted by molar-refractivity contribution is 6.31. The lowest BCUT2D eigenvalue weighted by molar-refractivity contribution is 0.451. The van der Waals surface area contributed by atoms with Crippen LogP contribution in [0.4, 0.5) is 4.39 Å². The van der Waals surface area contributed by atoms with Gasteiger partial charge in [0.05, 0.1) is 10.7 Å². The first-order valence-corrected chi connectivity index (χ1v) is 7.28. The van der Waals surface area contributed by atoms with Gasteiger partial charge in [0, 0.05) is 18.7 Å². The lowest BCUT2D eigenvalue weighted by atomic mass is 10.2. The Labute approximate surface area is 129 Å². The largest absolute Gasteiger partial charge is 0.439 e. The van der Waals surface area contributed by atoms with Crippen molar-refractivity contribution in [2.24, 2.45) is 0 Å². The fraction of sp³-hybridized carbons (Fsp3) is 0.312. The van der Waals surface area contributed by atoms with Gasteiger partial charge in [0.25, 0.3) is 0 Å². The molecular weight excluding hydrogens is 291 g/mol. The maximum Gasteiger partial charge on any atom is 0.219 e. The average Bonchev–Trinajstić information content (AvgIpc) is 2.46. The summed E-state index contributed by atoms with van der Waals surface area (Å²) in [4.78, 5) is 4.37. The van der Waals surface area contributed by atoms with E-state index in [0.717, 1.165) is 24.2 Å². The van der Waals surface area contributed by atoms with Crippen LogP contribution in [0.25, 0.3) is 0 Å². The van der Waals surface area contributed by atoms with Gasteiger partial charge in [-0.25, -0.2) is 9.37 Å². The highest BCUT2D eigenvalue weighted by Gasteiger charge is 2.08. The van der Waals surface area contributed by atoms with Gasteiger partial charge in [-0.15, -0.1) is 0 Å². The van der Waals surface area contributed by atoms with Crippen LogP contribution < -0.4 is 10.1 Å². The van der Waals surface area contributed by atoms with Crippen molar-refractivity contribution in [3.63, 3.8) is 0 Å². The molecule has 0 amide bonds. The molecule has 0 aliphatic heterocycles. The first-order valence-electron chi connectivity index (χ1n) is 6.90. The molecule has 3 nitrogen and oxygen atoms in total. The van der Waals surface area contributed by atoms with Crippen molar-refractivity contribution < 1.29 is 9.13 Å². The third kappa shape index (κ3) is 4.41. The molecule has 2 aromatic rings. The van der Waals surface area contributed by atoms with Gasteiger partial charge in [0.15, 0.2) is 0 Å². The Morgan fingerprint density at radius 2 is 2.10 bits per heavy atom. The zero-order chi connectivity index (χ0) is 15.2. The van der Waals surface area contributed by atoms with E-state index in [2.05, 4.69) is 17.2 Å². The van der Waals surface area contributed by atoms with Crippen LogP contribution in [-0.4, -0.2) is 11.5 Å². The van der Waals surface area contributed by atoms with Crippen LogP contribution in [0.3, 0.4) is 0 Å². The molecule has 0 spiro atoms. The van der Waals surface area contributed by atoms with Gasteiger partial charge in [-0.05, 0) is 37.6 Å². The van der Waals surface area contributed by atoms with Crippen LogP contribution in [0.2, 0.25) is 5.02 Å². The van der Waals surface area contributed by atoms with Crippen molar-refractivity contribution in [3.05, 3.63) is 52.4 Å². The predicted molar refractivity (Wildman–Crippen MR) is 82.5 cm³/mol. The van der Waals surface area contributed by atoms with Crippen LogP contribution >= 0.6 is 11.6 Å². The summed E-state index contributed by atoms with van der Waals surface area (Å²) in [6.45, 7) is 5.42. The maximum atomic E-state index is 13.3. The first kappa shape index (κ1) is 15.7. The molecule has 0 saturated heterocycles. The Balaban J connectivity index is 2.16. The molecule has 0 radical (unpaired) electrons. The van der Waals surface area contributed by atoms with Gasteiger partial charge in [0.2, 0.25) is 5.88 Å². The normalized spacial score (nSPS) is 10.7. The molecule has 112 valence electrons. The second kappa shape index (κ2) is 7.38. The third-order valence-corrected chi connectivity index (χ3v) is 3.32. The van der Waals surface area contributed by atoms with Crippen molar-refractivity contribution in [2.75, 3.05) is 6.54 Å². The van der Waals surface area contributed by atoms with E-state index >= 15 is 0 Å². The van der Waals surface area contributed by atoms with E-state index in [-0.39, 0.29) is 5.82 Å². The minimum atomic E-state index is -0.339. The van der Waals surface area contributed by atoms with Gasteiger partial charge >= 0.3 is 0 Å². The summed E-state index contributed by atoms with van der Waals surface area (Å²) < 4.78 is 18.9. The zero-order valence-electron chi connectivity index (χ0n) is 12.1. The van der Waals surface area contributed by atoms with Gasteiger partial charge in [0.1, 0.15) is 11.6 Å². The van der Waals surface area contributed by atoms with Gasteiger partial charge in [-0.2, -0.15) is 0 Å². The van der Waals surface area contributed by atoms with Gasteiger partial charge in [-0.3, -0.25) is 0 Å². The summed E-state index contributed by atoms with van der Waals surface area (Å²) >= 11 is 6.12. The van der Waals surface area contributed by atoms with Gasteiger partial charge < -0.3 is 10.1 Å². The quantitative estimate of drug-likeness (QED) is 0.799. The Kier molecular flexibility index (Phi) is 5.53. The molecule has 0 atom stereocenters. The number of ether oxygens (including phenoxy) is 1. The molecule has 1 N–H and O–H groups in total. The maximum absolute atomic E-state index is 13.3. The standard InChI is InChI=1S/C16H18ClFN2O/c1-3-8-19-10-14-13(17)6-7-16(20-14)21-15-9-12(18)5-4-11(15)2/h4-7,9,19H,3,8,10H2,1-2H3. The van der Waals surface area contributed by atoms with E-state index < -0.39 is 0 Å². The van der Waals surface area contributed by atoms with E-state index in [0.29, 0.717) is 23.2 Å². The number of nitrogens with zero attached hydrogens (tertiary/aromatic N) is 1. The number of hydrogen-bond acceptors (Lipinski definition) is 3. The fourth-order valence-corrected chi connectivity index (χ4v) is 2.00. The molecule has 1 aromatic heterocycles. The number of nitrogens with one attached hydrogen (secondary N) is 1. The lowest BCUT2D eigenvalue weighted by Crippen LogP contribution is -2.15. The Morgan fingerprint density at radius 1 is 1.29 bits per heavy atom. The monoisotopic (exact) mass is 308 g/mol. The summed E-state index contributed by atoms with van der Waals surface area (Å²) in [5.41, 5.74) is 1.57. The van der Waals surface area contributed by atoms with Crippen LogP contribution in [0.15, 0.2) is 30.3 Å². The smallest absolute Gasteiger partial charge is 0.219 e. The molecule has 0 fully saturated rings. The second-order valence-electron chi connectivity index (χ2n) is 4.77. The highest BCUT2D eigenvalue weighted by atomic mass is 35.5. The van der Waals surface area contributed by atoms with E-state index in [1.165, 1.54) is 12.1 Å². The molecule has 5 heteroatoms. The SMILES string of the molecule is CCCNCc1nc(Oc2cc(F)ccc2C)ccc1Cl. The van der Waals surface area contributed by atoms with E-state index in [4.69, 9.17) is 16.3 Å². The molecule has 0 aliphatic carbocycles. The molecular formula is C16H18ClFN2O. The summed E-state index contributed by atoms with van der Waals surface area (Å²) in [6, 6.07) is 7.83. The second-order valence-corrected chi connectivity index (χ2v) is 5.17. The summed E-state index contributed by atoms with van der Waals surface area (Å²) in [6.07, 6.45) is 1.04. The number of aromatic nitrogens is 1. The number of pyridine rings is 1. The predicted octanol–water partition coefficient (Wildman–Crippen LogP) is 4.47. The Hall–Kier alpha value is -1.65. The fourth-order valence-electron chi connectivity index (χ4n) is 1.83. The molecule has 0 aliphatic rings. The van der Waals surface area contributed by atoms with Crippen molar-refractivity contribution in [3.8, 4) is 11.6 Å². The molecule has 2 rings (SSSR count). The molecule has 0 bridgehead atoms. The number of rotatable bonds is 6. The van der Waals surface area contributed by atoms with Crippen molar-refractivity contribution in [2.45, 2.75) is 26.8 Å². The number of halogens is 2. The highest BCUT2D eigenvalue weighted by Crippen LogP contribution is 2.26. The van der Waals surface area contributed by atoms with Crippen LogP contribution in [-0.2, 0) is 6.54 Å². The minimum absolute atomic E-state index is 0.339. The van der Waals surface area contributed by atoms with Crippen molar-refractivity contribution >= 4 is 11.6 Å². The number of aryl methyl sites for hydroxylation is 1. The lowest BCUT2D eigenvalue weighted by Gasteiger charge is -2.10. The van der Waals surface area contributed by atoms with Crippen molar-refractivity contribution in [1.29, 1.82) is 0 Å². The molecule has 0 saturated carbocycles. The summed E-state index contributed by atoms with van der Waals surface area (Å²) in [5, 5.41) is 3.83. The Bertz CT molecular complexity index is 619. The topological polar surface area (TPSA) is 34.2 Å². The van der Waals surface area contributed by atoms with Crippen LogP contribution in [0.1, 0.15) is 24.6 Å². The molecule has 21 heavy (non-hydrogen) atoms. The van der Waals surface area contributed by atoms with Gasteiger partial charge in [-0.1, -0.05) is 24.6 Å². The summed E-state index contributed by atoms with van der Waals surface area (Å²) in [5.74, 6) is 0.521. The summed E-state index contributed by atoms with van der Waals surface area (Å²) in [7, 11) is 0.